The van der Waals surface area contributed by atoms with Crippen LogP contribution in [0.4, 0.5) is 0 Å². The Morgan fingerprint density at radius 3 is 2.76 bits per heavy atom. The van der Waals surface area contributed by atoms with Gasteiger partial charge in [-0.15, -0.1) is 0 Å². The van der Waals surface area contributed by atoms with Gasteiger partial charge in [-0.05, 0) is 0 Å². The first-order chi connectivity index (χ1) is 8.40. The molecule has 0 aliphatic rings. The van der Waals surface area contributed by atoms with Gasteiger partial charge in [0.1, 0.15) is 0 Å². The maximum absolute atomic E-state index is 5.49. The van der Waals surface area contributed by atoms with Crippen molar-refractivity contribution in [1.82, 2.24) is 0 Å². The van der Waals surface area contributed by atoms with Gasteiger partial charge in [0.2, 0.25) is 0 Å². The number of fused-ring (bicyclic) bond motifs is 2. The molecule has 0 N–H and O–H groups in total. The maximum atomic E-state index is 5.49. The zero-order valence-electron chi connectivity index (χ0n) is 8.84. The Bertz CT molecular complexity index is 742. The Labute approximate surface area is 110 Å². The van der Waals surface area contributed by atoms with Crippen molar-refractivity contribution in [3.05, 3.63) is 47.6 Å². The Morgan fingerprint density at radius 2 is 1.88 bits per heavy atom. The van der Waals surface area contributed by atoms with Crippen molar-refractivity contribution >= 4 is 48.3 Å². The summed E-state index contributed by atoms with van der Waals surface area (Å²) in [5.41, 5.74) is 0. The molecule has 3 aromatic heterocycles. The summed E-state index contributed by atoms with van der Waals surface area (Å²) in [4.78, 5) is 2.30. The molecule has 17 heavy (non-hydrogen) atoms. The second-order valence-electron chi connectivity index (χ2n) is 3.94. The number of hydrogen-bond acceptors (Lipinski definition) is 1. The molecule has 3 heterocycles. The van der Waals surface area contributed by atoms with Crippen molar-refractivity contribution in [2.45, 2.75) is 0 Å². The van der Waals surface area contributed by atoms with E-state index in [9.17, 15) is 0 Å². The fourth-order valence-electron chi connectivity index (χ4n) is 2.03. The molecule has 0 bridgehead atoms. The van der Waals surface area contributed by atoms with Gasteiger partial charge >= 0.3 is 111 Å². The van der Waals surface area contributed by atoms with Gasteiger partial charge in [-0.25, -0.2) is 0 Å². The third-order valence-electron chi connectivity index (χ3n) is 2.86. The van der Waals surface area contributed by atoms with E-state index in [1.165, 1.54) is 23.7 Å². The van der Waals surface area contributed by atoms with E-state index in [1.807, 2.05) is 6.07 Å². The van der Waals surface area contributed by atoms with E-state index in [0.717, 1.165) is 5.76 Å². The van der Waals surface area contributed by atoms with E-state index in [0.29, 0.717) is 29.0 Å². The molecule has 0 spiro atoms. The summed E-state index contributed by atoms with van der Waals surface area (Å²) in [5.74, 6) is 1.03. The second-order valence-corrected chi connectivity index (χ2v) is 8.20. The molecule has 0 radical (unpaired) electrons. The standard InChI is InChI=1S/C14H8OSe2/c1-2-11(15-4-1)14-8-10-7-12-9(3-5-16-12)6-13(10)17-14/h1-8H. The molecular formula is C14H8OSe2. The average Bonchev–Trinajstić information content (AvgIpc) is 3.05. The molecule has 0 atom stereocenters. The zero-order chi connectivity index (χ0) is 11.2. The van der Waals surface area contributed by atoms with E-state index < -0.39 is 0 Å². The fraction of sp³-hybridized carbons (Fsp3) is 0. The normalized spacial score (nSPS) is 11.5. The van der Waals surface area contributed by atoms with E-state index >= 15 is 0 Å². The van der Waals surface area contributed by atoms with Crippen LogP contribution in [0.2, 0.25) is 0 Å². The van der Waals surface area contributed by atoms with Crippen molar-refractivity contribution in [1.29, 1.82) is 0 Å². The van der Waals surface area contributed by atoms with Crippen LogP contribution in [0, 0.1) is 0 Å². The van der Waals surface area contributed by atoms with Crippen LogP contribution in [-0.2, 0) is 0 Å². The topological polar surface area (TPSA) is 13.1 Å². The molecule has 3 heteroatoms. The van der Waals surface area contributed by atoms with Gasteiger partial charge in [0.25, 0.3) is 0 Å². The van der Waals surface area contributed by atoms with Crippen LogP contribution in [0.1, 0.15) is 0 Å². The molecule has 0 saturated heterocycles. The molecule has 1 nitrogen and oxygen atoms in total. The molecule has 4 rings (SSSR count). The Hall–Kier alpha value is -0.981. The van der Waals surface area contributed by atoms with Crippen molar-refractivity contribution in [3.8, 4) is 10.2 Å². The number of hydrogen-bond donors (Lipinski definition) is 0. The van der Waals surface area contributed by atoms with E-state index in [2.05, 4.69) is 35.3 Å². The summed E-state index contributed by atoms with van der Waals surface area (Å²) < 4.78 is 9.85. The molecule has 0 unspecified atom stereocenters. The number of furan rings is 1. The first-order valence-electron chi connectivity index (χ1n) is 5.35. The molecule has 0 amide bonds. The average molecular weight is 350 g/mol. The van der Waals surface area contributed by atoms with Crippen molar-refractivity contribution in [2.75, 3.05) is 0 Å². The summed E-state index contributed by atoms with van der Waals surface area (Å²) in [6, 6.07) is 13.3. The predicted molar refractivity (Wildman–Crippen MR) is 73.0 cm³/mol. The SMILES string of the molecule is c1coc(-c2cc3cc4[se]ccc4cc3[se]2)c1. The van der Waals surface area contributed by atoms with Gasteiger partial charge < -0.3 is 0 Å². The zero-order valence-corrected chi connectivity index (χ0v) is 12.3. The molecule has 0 aliphatic carbocycles. The summed E-state index contributed by atoms with van der Waals surface area (Å²) in [6.45, 7) is 0. The molecule has 82 valence electrons. The van der Waals surface area contributed by atoms with Crippen LogP contribution in [0.15, 0.2) is 52.0 Å². The van der Waals surface area contributed by atoms with Crippen LogP contribution in [0.3, 0.4) is 0 Å². The quantitative estimate of drug-likeness (QED) is 0.480. The van der Waals surface area contributed by atoms with Gasteiger partial charge in [-0.1, -0.05) is 0 Å². The minimum absolute atomic E-state index is 0.394. The fourth-order valence-corrected chi connectivity index (χ4v) is 5.98. The van der Waals surface area contributed by atoms with Gasteiger partial charge in [-0.3, -0.25) is 0 Å². The van der Waals surface area contributed by atoms with E-state index in [1.54, 1.807) is 6.26 Å². The van der Waals surface area contributed by atoms with Crippen molar-refractivity contribution in [2.24, 2.45) is 0 Å². The number of benzene rings is 1. The Balaban J connectivity index is 2.02. The van der Waals surface area contributed by atoms with Gasteiger partial charge in [0.05, 0.1) is 0 Å². The monoisotopic (exact) mass is 352 g/mol. The van der Waals surface area contributed by atoms with Crippen LogP contribution >= 0.6 is 0 Å². The van der Waals surface area contributed by atoms with Crippen molar-refractivity contribution < 1.29 is 4.42 Å². The predicted octanol–water partition coefficient (Wildman–Crippen LogP) is 3.37. The molecule has 1 aromatic carbocycles. The second kappa shape index (κ2) is 3.76. The first-order valence-corrected chi connectivity index (χ1v) is 8.91. The minimum atomic E-state index is 0.394. The van der Waals surface area contributed by atoms with Crippen LogP contribution in [-0.4, -0.2) is 29.0 Å². The Kier molecular flexibility index (Phi) is 2.21. The third kappa shape index (κ3) is 1.59. The van der Waals surface area contributed by atoms with Crippen molar-refractivity contribution in [3.63, 3.8) is 0 Å². The molecule has 0 aliphatic heterocycles. The molecule has 0 saturated carbocycles. The van der Waals surface area contributed by atoms with Crippen LogP contribution in [0.25, 0.3) is 29.5 Å². The summed E-state index contributed by atoms with van der Waals surface area (Å²) in [6.07, 6.45) is 1.75. The summed E-state index contributed by atoms with van der Waals surface area (Å²) in [5, 5.41) is 2.83. The van der Waals surface area contributed by atoms with Crippen LogP contribution < -0.4 is 0 Å². The molecule has 4 aromatic rings. The summed E-state index contributed by atoms with van der Waals surface area (Å²) >= 11 is 0.935. The molecule has 0 fully saturated rings. The third-order valence-corrected chi connectivity index (χ3v) is 7.03. The van der Waals surface area contributed by atoms with Crippen LogP contribution in [0.5, 0.6) is 0 Å². The Morgan fingerprint density at radius 1 is 0.941 bits per heavy atom. The van der Waals surface area contributed by atoms with E-state index in [-0.39, 0.29) is 0 Å². The van der Waals surface area contributed by atoms with E-state index in [4.69, 9.17) is 4.42 Å². The first kappa shape index (κ1) is 9.99. The number of rotatable bonds is 1. The molecular weight excluding hydrogens is 342 g/mol. The van der Waals surface area contributed by atoms with Gasteiger partial charge in [0.15, 0.2) is 0 Å². The van der Waals surface area contributed by atoms with Gasteiger partial charge in [0, 0.05) is 0 Å². The summed E-state index contributed by atoms with van der Waals surface area (Å²) in [7, 11) is 0. The van der Waals surface area contributed by atoms with Gasteiger partial charge in [-0.2, -0.15) is 0 Å².